The van der Waals surface area contributed by atoms with E-state index in [4.69, 9.17) is 9.97 Å². The molecule has 3 aliphatic rings. The molecule has 0 aliphatic carbocycles. The highest BCUT2D eigenvalue weighted by molar-refractivity contribution is 5.70. The van der Waals surface area contributed by atoms with Crippen LogP contribution in [0.5, 0.6) is 0 Å². The number of nitrogens with zero attached hydrogens (tertiary/aromatic N) is 6. The van der Waals surface area contributed by atoms with E-state index in [1.54, 1.807) is 12.4 Å². The van der Waals surface area contributed by atoms with Crippen LogP contribution in [0.1, 0.15) is 31.2 Å². The molecular weight excluding hydrogens is 391 g/mol. The van der Waals surface area contributed by atoms with E-state index in [2.05, 4.69) is 20.9 Å². The molecule has 31 heavy (non-hydrogen) atoms. The van der Waals surface area contributed by atoms with Crippen LogP contribution in [0.4, 0.5) is 10.3 Å². The van der Waals surface area contributed by atoms with Crippen molar-refractivity contribution < 1.29 is 4.39 Å². The molecule has 0 spiro atoms. The Morgan fingerprint density at radius 1 is 1.13 bits per heavy atom. The molecule has 6 rings (SSSR count). The molecule has 0 N–H and O–H groups in total. The maximum atomic E-state index is 13.9. The van der Waals surface area contributed by atoms with Gasteiger partial charge in [-0.1, -0.05) is 18.6 Å². The lowest BCUT2D eigenvalue weighted by Gasteiger charge is -2.57. The molecule has 3 saturated heterocycles. The quantitative estimate of drug-likeness (QED) is 0.650. The molecule has 4 atom stereocenters. The zero-order valence-corrected chi connectivity index (χ0v) is 18.0. The largest absolute Gasteiger partial charge is 0.340 e. The molecule has 2 aromatic heterocycles. The summed E-state index contributed by atoms with van der Waals surface area (Å²) >= 11 is 0. The van der Waals surface area contributed by atoms with Gasteiger partial charge in [-0.25, -0.2) is 14.4 Å². The van der Waals surface area contributed by atoms with Gasteiger partial charge in [-0.3, -0.25) is 4.90 Å². The van der Waals surface area contributed by atoms with Gasteiger partial charge in [0.2, 0.25) is 5.95 Å². The lowest BCUT2D eigenvalue weighted by molar-refractivity contribution is -0.0319. The summed E-state index contributed by atoms with van der Waals surface area (Å²) in [5, 5.41) is 0. The second-order valence-corrected chi connectivity index (χ2v) is 9.60. The van der Waals surface area contributed by atoms with Gasteiger partial charge >= 0.3 is 0 Å². The van der Waals surface area contributed by atoms with Crippen molar-refractivity contribution in [3.05, 3.63) is 48.2 Å². The average molecular weight is 421 g/mol. The number of hydrogen-bond donors (Lipinski definition) is 0. The number of rotatable bonds is 3. The monoisotopic (exact) mass is 420 g/mol. The predicted molar refractivity (Wildman–Crippen MR) is 118 cm³/mol. The van der Waals surface area contributed by atoms with Gasteiger partial charge in [-0.2, -0.15) is 4.98 Å². The standard InChI is InChI=1S/C24H29FN6/c1-29-15-27-23-22(29)12-26-24(28-23)30-13-17-11-18(14-30)21(31-8-3-2-7-20(17)31)10-16-5-4-6-19(25)9-16/h4-6,9,12,15,17-18,20-21H,2-3,7-8,10-11,13-14H2,1H3/t17-,18+,20+,21+/m1/s1. The van der Waals surface area contributed by atoms with Crippen LogP contribution in [0.25, 0.3) is 11.2 Å². The van der Waals surface area contributed by atoms with Crippen LogP contribution >= 0.6 is 0 Å². The molecule has 2 bridgehead atoms. The predicted octanol–water partition coefficient (Wildman–Crippen LogP) is 3.42. The summed E-state index contributed by atoms with van der Waals surface area (Å²) in [6.07, 6.45) is 9.72. The third-order valence-corrected chi connectivity index (χ3v) is 7.71. The summed E-state index contributed by atoms with van der Waals surface area (Å²) in [6.45, 7) is 3.15. The molecule has 0 radical (unpaired) electrons. The highest BCUT2D eigenvalue weighted by Crippen LogP contribution is 2.42. The van der Waals surface area contributed by atoms with Crippen molar-refractivity contribution in [2.75, 3.05) is 24.5 Å². The summed E-state index contributed by atoms with van der Waals surface area (Å²) in [5.41, 5.74) is 2.83. The number of aryl methyl sites for hydroxylation is 1. The first-order valence-electron chi connectivity index (χ1n) is 11.5. The van der Waals surface area contributed by atoms with Gasteiger partial charge in [0.25, 0.3) is 0 Å². The normalized spacial score (nSPS) is 28.6. The van der Waals surface area contributed by atoms with Crippen molar-refractivity contribution in [3.63, 3.8) is 0 Å². The first kappa shape index (κ1) is 19.2. The van der Waals surface area contributed by atoms with Crippen LogP contribution in [-0.2, 0) is 13.5 Å². The lowest BCUT2D eigenvalue weighted by atomic mass is 9.71. The second kappa shape index (κ2) is 7.55. The van der Waals surface area contributed by atoms with E-state index in [1.807, 2.05) is 23.9 Å². The third kappa shape index (κ3) is 3.39. The topological polar surface area (TPSA) is 50.1 Å². The zero-order chi connectivity index (χ0) is 20.9. The minimum Gasteiger partial charge on any atom is -0.340 e. The molecule has 0 unspecified atom stereocenters. The Balaban J connectivity index is 1.31. The molecular formula is C24H29FN6. The van der Waals surface area contributed by atoms with Crippen molar-refractivity contribution in [2.45, 2.75) is 44.2 Å². The number of hydrogen-bond acceptors (Lipinski definition) is 5. The first-order chi connectivity index (χ1) is 15.2. The number of imidazole rings is 1. The molecule has 3 aliphatic heterocycles. The smallest absolute Gasteiger partial charge is 0.227 e. The molecule has 1 aromatic carbocycles. The van der Waals surface area contributed by atoms with Gasteiger partial charge in [0, 0.05) is 32.2 Å². The van der Waals surface area contributed by atoms with Crippen molar-refractivity contribution >= 4 is 17.1 Å². The number of piperidine rings is 3. The van der Waals surface area contributed by atoms with Gasteiger partial charge in [-0.05, 0) is 61.8 Å². The van der Waals surface area contributed by atoms with Crippen LogP contribution < -0.4 is 4.90 Å². The Kier molecular flexibility index (Phi) is 4.67. The van der Waals surface area contributed by atoms with Crippen LogP contribution in [0.3, 0.4) is 0 Å². The average Bonchev–Trinajstić information content (AvgIpc) is 3.17. The summed E-state index contributed by atoms with van der Waals surface area (Å²) < 4.78 is 15.8. The van der Waals surface area contributed by atoms with E-state index in [0.717, 1.165) is 42.2 Å². The van der Waals surface area contributed by atoms with Crippen LogP contribution in [-0.4, -0.2) is 56.1 Å². The maximum absolute atomic E-state index is 13.9. The number of anilines is 1. The molecule has 162 valence electrons. The molecule has 7 heteroatoms. The van der Waals surface area contributed by atoms with E-state index < -0.39 is 0 Å². The molecule has 3 aromatic rings. The SMILES string of the molecule is Cn1cnc2nc(N3C[C@H]4C[C@@H](C3)[C@H](Cc3cccc(F)c3)N3CCCC[C@@H]43)ncc21. The maximum Gasteiger partial charge on any atom is 0.227 e. The van der Waals surface area contributed by atoms with Gasteiger partial charge in [-0.15, -0.1) is 0 Å². The second-order valence-electron chi connectivity index (χ2n) is 9.60. The fourth-order valence-corrected chi connectivity index (χ4v) is 6.31. The van der Waals surface area contributed by atoms with E-state index in [0.29, 0.717) is 23.9 Å². The Morgan fingerprint density at radius 3 is 2.94 bits per heavy atom. The minimum atomic E-state index is -0.135. The Labute approximate surface area is 182 Å². The molecule has 6 nitrogen and oxygen atoms in total. The molecule has 0 saturated carbocycles. The molecule has 5 heterocycles. The Bertz CT molecular complexity index is 1100. The number of halogens is 1. The summed E-state index contributed by atoms with van der Waals surface area (Å²) in [4.78, 5) is 19.1. The number of benzene rings is 1. The summed E-state index contributed by atoms with van der Waals surface area (Å²) in [5.74, 6) is 1.85. The highest BCUT2D eigenvalue weighted by Gasteiger charge is 2.47. The summed E-state index contributed by atoms with van der Waals surface area (Å²) in [6, 6.07) is 8.23. The van der Waals surface area contributed by atoms with Crippen LogP contribution in [0, 0.1) is 17.7 Å². The van der Waals surface area contributed by atoms with Gasteiger partial charge in [0.1, 0.15) is 11.3 Å². The van der Waals surface area contributed by atoms with Gasteiger partial charge < -0.3 is 9.47 Å². The summed E-state index contributed by atoms with van der Waals surface area (Å²) in [7, 11) is 1.97. The first-order valence-corrected chi connectivity index (χ1v) is 11.5. The van der Waals surface area contributed by atoms with Crippen molar-refractivity contribution in [1.29, 1.82) is 0 Å². The van der Waals surface area contributed by atoms with E-state index in [1.165, 1.54) is 38.3 Å². The van der Waals surface area contributed by atoms with Crippen molar-refractivity contribution in [1.82, 2.24) is 24.4 Å². The van der Waals surface area contributed by atoms with E-state index >= 15 is 0 Å². The van der Waals surface area contributed by atoms with Gasteiger partial charge in [0.15, 0.2) is 5.65 Å². The zero-order valence-electron chi connectivity index (χ0n) is 18.0. The Morgan fingerprint density at radius 2 is 2.03 bits per heavy atom. The molecule has 3 fully saturated rings. The van der Waals surface area contributed by atoms with Crippen molar-refractivity contribution in [2.24, 2.45) is 18.9 Å². The fourth-order valence-electron chi connectivity index (χ4n) is 6.31. The van der Waals surface area contributed by atoms with Crippen molar-refractivity contribution in [3.8, 4) is 0 Å². The minimum absolute atomic E-state index is 0.135. The van der Waals surface area contributed by atoms with Gasteiger partial charge in [0.05, 0.1) is 12.5 Å². The van der Waals surface area contributed by atoms with Crippen LogP contribution in [0.15, 0.2) is 36.8 Å². The fraction of sp³-hybridized carbons (Fsp3) is 0.542. The third-order valence-electron chi connectivity index (χ3n) is 7.71. The number of aromatic nitrogens is 4. The van der Waals surface area contributed by atoms with E-state index in [-0.39, 0.29) is 5.82 Å². The lowest BCUT2D eigenvalue weighted by Crippen LogP contribution is -2.64. The Hall–Kier alpha value is -2.54. The molecule has 0 amide bonds. The van der Waals surface area contributed by atoms with E-state index in [9.17, 15) is 4.39 Å². The number of fused-ring (bicyclic) bond motifs is 5. The highest BCUT2D eigenvalue weighted by atomic mass is 19.1. The van der Waals surface area contributed by atoms with Crippen LogP contribution in [0.2, 0.25) is 0 Å².